The first kappa shape index (κ1) is 14.3. The van der Waals surface area contributed by atoms with E-state index in [-0.39, 0.29) is 12.1 Å². The quantitative estimate of drug-likeness (QED) is 0.765. The van der Waals surface area contributed by atoms with Crippen LogP contribution >= 0.6 is 0 Å². The number of anilines is 1. The lowest BCUT2D eigenvalue weighted by Crippen LogP contribution is -2.45. The van der Waals surface area contributed by atoms with Gasteiger partial charge in [-0.1, -0.05) is 0 Å². The van der Waals surface area contributed by atoms with E-state index in [2.05, 4.69) is 9.97 Å². The zero-order valence-corrected chi connectivity index (χ0v) is 12.3. The molecule has 0 aromatic carbocycles. The van der Waals surface area contributed by atoms with E-state index in [0.29, 0.717) is 11.6 Å². The van der Waals surface area contributed by atoms with Gasteiger partial charge in [0.2, 0.25) is 5.95 Å². The highest BCUT2D eigenvalue weighted by molar-refractivity contribution is 5.73. The van der Waals surface area contributed by atoms with E-state index in [1.54, 1.807) is 19.0 Å². The van der Waals surface area contributed by atoms with E-state index in [0.717, 1.165) is 4.57 Å². The number of aryl methyl sites for hydroxylation is 1. The van der Waals surface area contributed by atoms with E-state index >= 15 is 0 Å². The highest BCUT2D eigenvalue weighted by Gasteiger charge is 2.26. The Kier molecular flexibility index (Phi) is 3.21. The maximum atomic E-state index is 12.1. The van der Waals surface area contributed by atoms with E-state index in [1.165, 1.54) is 11.6 Å². The molecule has 110 valence electrons. The molecule has 0 saturated heterocycles. The lowest BCUT2D eigenvalue weighted by molar-refractivity contribution is 0.215. The van der Waals surface area contributed by atoms with Gasteiger partial charge in [-0.05, 0) is 13.8 Å². The first-order valence-electron chi connectivity index (χ1n) is 6.21. The van der Waals surface area contributed by atoms with Crippen LogP contribution in [0.1, 0.15) is 13.8 Å². The number of likely N-dealkylation sites (N-methyl/N-ethyl adjacent to an activating group) is 1. The van der Waals surface area contributed by atoms with Gasteiger partial charge in [-0.15, -0.1) is 0 Å². The summed E-state index contributed by atoms with van der Waals surface area (Å²) >= 11 is 0. The molecule has 0 fully saturated rings. The number of aromatic nitrogens is 4. The molecule has 0 amide bonds. The summed E-state index contributed by atoms with van der Waals surface area (Å²) in [5.74, 6) is 0.428. The van der Waals surface area contributed by atoms with E-state index in [4.69, 9.17) is 0 Å². The third kappa shape index (κ3) is 1.92. The molecule has 2 N–H and O–H groups in total. The first-order valence-corrected chi connectivity index (χ1v) is 6.21. The first-order chi connectivity index (χ1) is 9.20. The highest BCUT2D eigenvalue weighted by Crippen LogP contribution is 2.20. The summed E-state index contributed by atoms with van der Waals surface area (Å²) in [7, 11) is 4.74. The maximum Gasteiger partial charge on any atom is 0.332 e. The number of aromatic amines is 1. The number of hydrogen-bond donors (Lipinski definition) is 2. The zero-order valence-electron chi connectivity index (χ0n) is 12.3. The maximum absolute atomic E-state index is 12.1. The number of hydrogen-bond acceptors (Lipinski definition) is 5. The number of H-pyrrole nitrogens is 1. The molecular formula is C12H19N5O3. The van der Waals surface area contributed by atoms with Gasteiger partial charge in [0.15, 0.2) is 11.2 Å². The molecule has 2 aromatic rings. The van der Waals surface area contributed by atoms with Crippen LogP contribution in [0.2, 0.25) is 0 Å². The van der Waals surface area contributed by atoms with Crippen LogP contribution < -0.4 is 16.1 Å². The summed E-state index contributed by atoms with van der Waals surface area (Å²) in [4.78, 5) is 32.9. The van der Waals surface area contributed by atoms with Crippen molar-refractivity contribution in [2.24, 2.45) is 14.1 Å². The van der Waals surface area contributed by atoms with Crippen molar-refractivity contribution < 1.29 is 5.11 Å². The largest absolute Gasteiger partial charge is 0.394 e. The smallest absolute Gasteiger partial charge is 0.332 e. The molecule has 0 radical (unpaired) electrons. The summed E-state index contributed by atoms with van der Waals surface area (Å²) in [5, 5.41) is 9.39. The molecule has 8 nitrogen and oxygen atoms in total. The topological polar surface area (TPSA) is 96.2 Å². The Bertz CT molecular complexity index is 768. The number of rotatable bonds is 3. The fourth-order valence-corrected chi connectivity index (χ4v) is 1.87. The molecule has 0 atom stereocenters. The van der Waals surface area contributed by atoms with E-state index in [9.17, 15) is 14.7 Å². The molecule has 0 saturated carbocycles. The molecule has 2 heterocycles. The van der Waals surface area contributed by atoms with E-state index < -0.39 is 16.8 Å². The van der Waals surface area contributed by atoms with Crippen molar-refractivity contribution in [3.8, 4) is 0 Å². The molecule has 0 spiro atoms. The number of nitrogens with zero attached hydrogens (tertiary/aromatic N) is 4. The summed E-state index contributed by atoms with van der Waals surface area (Å²) in [6.07, 6.45) is 0. The van der Waals surface area contributed by atoms with Gasteiger partial charge in [-0.25, -0.2) is 4.79 Å². The summed E-state index contributed by atoms with van der Waals surface area (Å²) < 4.78 is 2.35. The number of aliphatic hydroxyl groups excluding tert-OH is 1. The minimum Gasteiger partial charge on any atom is -0.394 e. The van der Waals surface area contributed by atoms with Crippen molar-refractivity contribution in [1.29, 1.82) is 0 Å². The average Bonchev–Trinajstić information content (AvgIpc) is 2.87. The molecule has 2 rings (SSSR count). The average molecular weight is 281 g/mol. The fraction of sp³-hybridized carbons (Fsp3) is 0.583. The van der Waals surface area contributed by atoms with Crippen LogP contribution in [0, 0.1) is 0 Å². The number of nitrogens with one attached hydrogen (secondary N) is 1. The van der Waals surface area contributed by atoms with Crippen molar-refractivity contribution in [3.05, 3.63) is 20.8 Å². The Labute approximate surface area is 115 Å². The molecule has 20 heavy (non-hydrogen) atoms. The van der Waals surface area contributed by atoms with Crippen LogP contribution in [0.3, 0.4) is 0 Å². The van der Waals surface area contributed by atoms with Crippen molar-refractivity contribution >= 4 is 17.1 Å². The van der Waals surface area contributed by atoms with Crippen LogP contribution in [0.5, 0.6) is 0 Å². The van der Waals surface area contributed by atoms with Crippen molar-refractivity contribution in [3.63, 3.8) is 0 Å². The van der Waals surface area contributed by atoms with Gasteiger partial charge in [0, 0.05) is 21.1 Å². The second-order valence-corrected chi connectivity index (χ2v) is 5.49. The monoisotopic (exact) mass is 281 g/mol. The summed E-state index contributed by atoms with van der Waals surface area (Å²) in [6, 6.07) is 0. The molecule has 0 unspecified atom stereocenters. The Morgan fingerprint density at radius 1 is 1.30 bits per heavy atom. The Balaban J connectivity index is 2.73. The van der Waals surface area contributed by atoms with Crippen molar-refractivity contribution in [1.82, 2.24) is 19.1 Å². The highest BCUT2D eigenvalue weighted by atomic mass is 16.3. The zero-order chi connectivity index (χ0) is 15.2. The number of imidazole rings is 1. The lowest BCUT2D eigenvalue weighted by atomic mass is 10.1. The normalized spacial score (nSPS) is 12.1. The molecule has 8 heteroatoms. The lowest BCUT2D eigenvalue weighted by Gasteiger charge is -2.33. The van der Waals surface area contributed by atoms with Crippen LogP contribution in [0.15, 0.2) is 9.59 Å². The molecule has 2 aromatic heterocycles. The van der Waals surface area contributed by atoms with Gasteiger partial charge in [0.25, 0.3) is 5.56 Å². The summed E-state index contributed by atoms with van der Waals surface area (Å²) in [6.45, 7) is 3.62. The van der Waals surface area contributed by atoms with Gasteiger partial charge < -0.3 is 15.0 Å². The number of fused-ring (bicyclic) bond motifs is 1. The Morgan fingerprint density at radius 2 is 1.90 bits per heavy atom. The minimum atomic E-state index is -0.544. The summed E-state index contributed by atoms with van der Waals surface area (Å²) in [5.41, 5.74) is -0.821. The predicted molar refractivity (Wildman–Crippen MR) is 76.1 cm³/mol. The Morgan fingerprint density at radius 3 is 2.45 bits per heavy atom. The second-order valence-electron chi connectivity index (χ2n) is 5.49. The van der Waals surface area contributed by atoms with Gasteiger partial charge in [0.1, 0.15) is 0 Å². The van der Waals surface area contributed by atoms with Gasteiger partial charge >= 0.3 is 5.69 Å². The third-order valence-electron chi connectivity index (χ3n) is 3.69. The van der Waals surface area contributed by atoms with Crippen LogP contribution in [-0.4, -0.2) is 43.4 Å². The second kappa shape index (κ2) is 4.48. The number of aliphatic hydroxyl groups is 1. The van der Waals surface area contributed by atoms with Gasteiger partial charge in [-0.2, -0.15) is 4.98 Å². The third-order valence-corrected chi connectivity index (χ3v) is 3.69. The van der Waals surface area contributed by atoms with E-state index in [1.807, 2.05) is 13.8 Å². The van der Waals surface area contributed by atoms with Crippen molar-refractivity contribution in [2.75, 3.05) is 18.6 Å². The Hall–Kier alpha value is -2.09. The molecular weight excluding hydrogens is 262 g/mol. The molecule has 0 aliphatic rings. The molecule has 0 bridgehead atoms. The minimum absolute atomic E-state index is 0.0719. The van der Waals surface area contributed by atoms with Gasteiger partial charge in [0.05, 0.1) is 12.1 Å². The van der Waals surface area contributed by atoms with Crippen LogP contribution in [0.25, 0.3) is 11.2 Å². The van der Waals surface area contributed by atoms with Crippen LogP contribution in [-0.2, 0) is 14.1 Å². The molecule has 0 aliphatic carbocycles. The fourth-order valence-electron chi connectivity index (χ4n) is 1.87. The molecule has 0 aliphatic heterocycles. The standard InChI is InChI=1S/C12H19N5O3/c1-12(2,6-18)17(5)10-13-7-8(14-10)15(3)11(20)16(4)9(7)19/h18H,6H2,1-5H3,(H,13,14). The predicted octanol–water partition coefficient (Wildman–Crippen LogP) is -0.833. The van der Waals surface area contributed by atoms with Crippen molar-refractivity contribution in [2.45, 2.75) is 19.4 Å². The van der Waals surface area contributed by atoms with Crippen LogP contribution in [0.4, 0.5) is 5.95 Å². The van der Waals surface area contributed by atoms with Gasteiger partial charge in [-0.3, -0.25) is 13.9 Å². The SMILES string of the molecule is CN(c1nc2c([nH]1)c(=O)n(C)c(=O)n2C)C(C)(C)CO.